The van der Waals surface area contributed by atoms with Gasteiger partial charge in [-0.15, -0.1) is 0 Å². The van der Waals surface area contributed by atoms with Crippen LogP contribution in [0.4, 0.5) is 5.69 Å². The number of aromatic nitrogens is 2. The molecule has 2 heterocycles. The average molecular weight is 375 g/mol. The van der Waals surface area contributed by atoms with E-state index in [-0.39, 0.29) is 5.91 Å². The van der Waals surface area contributed by atoms with Crippen LogP contribution >= 0.6 is 0 Å². The number of aromatic amines is 1. The van der Waals surface area contributed by atoms with Gasteiger partial charge in [-0.3, -0.25) is 9.89 Å². The van der Waals surface area contributed by atoms with E-state index in [0.717, 1.165) is 30.5 Å². The fraction of sp³-hybridized carbons (Fsp3) is 0.273. The number of nitrogens with zero attached hydrogens (tertiary/aromatic N) is 1. The van der Waals surface area contributed by atoms with Gasteiger partial charge in [0.15, 0.2) is 11.5 Å². The van der Waals surface area contributed by atoms with Crippen LogP contribution in [0.25, 0.3) is 11.3 Å². The second-order valence-corrected chi connectivity index (χ2v) is 7.09. The SMILES string of the molecule is O=C(Nc1ccc2c(c1)OCCO2)c1ccccc1-c1n[nH]c2c1CCCC2. The first kappa shape index (κ1) is 16.9. The first-order valence-corrected chi connectivity index (χ1v) is 9.66. The van der Waals surface area contributed by atoms with E-state index < -0.39 is 0 Å². The maximum atomic E-state index is 13.0. The van der Waals surface area contributed by atoms with Crippen LogP contribution in [-0.4, -0.2) is 29.3 Å². The Kier molecular flexibility index (Phi) is 4.24. The topological polar surface area (TPSA) is 76.2 Å². The van der Waals surface area contributed by atoms with E-state index in [0.29, 0.717) is 36.0 Å². The van der Waals surface area contributed by atoms with E-state index in [2.05, 4.69) is 15.5 Å². The monoisotopic (exact) mass is 375 g/mol. The molecular weight excluding hydrogens is 354 g/mol. The number of amides is 1. The molecule has 0 fully saturated rings. The molecule has 2 aliphatic rings. The van der Waals surface area contributed by atoms with E-state index in [4.69, 9.17) is 9.47 Å². The summed E-state index contributed by atoms with van der Waals surface area (Å²) in [6.07, 6.45) is 4.36. The first-order chi connectivity index (χ1) is 13.8. The zero-order valence-corrected chi connectivity index (χ0v) is 15.5. The molecule has 3 aromatic rings. The lowest BCUT2D eigenvalue weighted by Crippen LogP contribution is -2.17. The van der Waals surface area contributed by atoms with Crippen molar-refractivity contribution < 1.29 is 14.3 Å². The highest BCUT2D eigenvalue weighted by Gasteiger charge is 2.22. The third-order valence-corrected chi connectivity index (χ3v) is 5.28. The van der Waals surface area contributed by atoms with Gasteiger partial charge in [0.25, 0.3) is 5.91 Å². The van der Waals surface area contributed by atoms with Crippen LogP contribution < -0.4 is 14.8 Å². The Morgan fingerprint density at radius 2 is 1.82 bits per heavy atom. The largest absolute Gasteiger partial charge is 0.486 e. The van der Waals surface area contributed by atoms with E-state index in [1.807, 2.05) is 36.4 Å². The van der Waals surface area contributed by atoms with Crippen LogP contribution in [0.5, 0.6) is 11.5 Å². The molecule has 0 saturated carbocycles. The van der Waals surface area contributed by atoms with E-state index in [1.54, 1.807) is 6.07 Å². The molecular formula is C22H21N3O3. The van der Waals surface area contributed by atoms with Crippen LogP contribution in [0.3, 0.4) is 0 Å². The first-order valence-electron chi connectivity index (χ1n) is 9.66. The molecule has 28 heavy (non-hydrogen) atoms. The van der Waals surface area contributed by atoms with E-state index in [1.165, 1.54) is 17.7 Å². The van der Waals surface area contributed by atoms with Gasteiger partial charge in [-0.05, 0) is 43.9 Å². The number of fused-ring (bicyclic) bond motifs is 2. The standard InChI is InChI=1S/C22H21N3O3/c26-22(23-14-9-10-19-20(13-14)28-12-11-27-19)16-6-2-1-5-15(16)21-17-7-3-4-8-18(17)24-25-21/h1-2,5-6,9-10,13H,3-4,7-8,11-12H2,(H,23,26)(H,24,25). The molecule has 1 aliphatic carbocycles. The number of carbonyl (C=O) groups excluding carboxylic acids is 1. The number of anilines is 1. The number of hydrogen-bond acceptors (Lipinski definition) is 4. The van der Waals surface area contributed by atoms with Gasteiger partial charge in [-0.25, -0.2) is 0 Å². The fourth-order valence-electron chi connectivity index (χ4n) is 3.91. The van der Waals surface area contributed by atoms with Crippen molar-refractivity contribution in [2.24, 2.45) is 0 Å². The molecule has 142 valence electrons. The van der Waals surface area contributed by atoms with Gasteiger partial charge >= 0.3 is 0 Å². The molecule has 0 atom stereocenters. The van der Waals surface area contributed by atoms with Crippen LogP contribution in [0, 0.1) is 0 Å². The van der Waals surface area contributed by atoms with Crippen LogP contribution in [-0.2, 0) is 12.8 Å². The van der Waals surface area contributed by atoms with Crippen molar-refractivity contribution in [2.75, 3.05) is 18.5 Å². The highest BCUT2D eigenvalue weighted by Crippen LogP contribution is 2.34. The van der Waals surface area contributed by atoms with Gasteiger partial charge in [0.2, 0.25) is 0 Å². The van der Waals surface area contributed by atoms with Gasteiger partial charge in [0.1, 0.15) is 13.2 Å². The second kappa shape index (κ2) is 7.03. The lowest BCUT2D eigenvalue weighted by molar-refractivity contribution is 0.102. The normalized spacial score (nSPS) is 15.0. The van der Waals surface area contributed by atoms with Crippen molar-refractivity contribution in [3.05, 3.63) is 59.3 Å². The summed E-state index contributed by atoms with van der Waals surface area (Å²) < 4.78 is 11.1. The van der Waals surface area contributed by atoms with Crippen molar-refractivity contribution in [1.29, 1.82) is 0 Å². The molecule has 5 rings (SSSR count). The zero-order valence-electron chi connectivity index (χ0n) is 15.5. The Balaban J connectivity index is 1.46. The van der Waals surface area contributed by atoms with Gasteiger partial charge in [-0.1, -0.05) is 18.2 Å². The van der Waals surface area contributed by atoms with E-state index >= 15 is 0 Å². The highest BCUT2D eigenvalue weighted by atomic mass is 16.6. The molecule has 6 heteroatoms. The lowest BCUT2D eigenvalue weighted by Gasteiger charge is -2.19. The van der Waals surface area contributed by atoms with Gasteiger partial charge in [-0.2, -0.15) is 5.10 Å². The molecule has 0 saturated heterocycles. The van der Waals surface area contributed by atoms with Crippen molar-refractivity contribution in [3.63, 3.8) is 0 Å². The summed E-state index contributed by atoms with van der Waals surface area (Å²) in [5.41, 5.74) is 5.47. The summed E-state index contributed by atoms with van der Waals surface area (Å²) in [7, 11) is 0. The molecule has 0 radical (unpaired) electrons. The third-order valence-electron chi connectivity index (χ3n) is 5.28. The van der Waals surface area contributed by atoms with Gasteiger partial charge < -0.3 is 14.8 Å². The minimum atomic E-state index is -0.167. The zero-order chi connectivity index (χ0) is 18.9. The fourth-order valence-corrected chi connectivity index (χ4v) is 3.91. The minimum Gasteiger partial charge on any atom is -0.486 e. The predicted molar refractivity (Wildman–Crippen MR) is 106 cm³/mol. The summed E-state index contributed by atoms with van der Waals surface area (Å²) >= 11 is 0. The number of carbonyl (C=O) groups is 1. The Morgan fingerprint density at radius 1 is 1.00 bits per heavy atom. The lowest BCUT2D eigenvalue weighted by atomic mass is 9.92. The number of hydrogen-bond donors (Lipinski definition) is 2. The van der Waals surface area contributed by atoms with Gasteiger partial charge in [0.05, 0.1) is 5.69 Å². The number of nitrogens with one attached hydrogen (secondary N) is 2. The summed E-state index contributed by atoms with van der Waals surface area (Å²) in [4.78, 5) is 13.0. The van der Waals surface area contributed by atoms with Crippen molar-refractivity contribution in [2.45, 2.75) is 25.7 Å². The number of H-pyrrole nitrogens is 1. The Bertz CT molecular complexity index is 1040. The quantitative estimate of drug-likeness (QED) is 0.726. The van der Waals surface area contributed by atoms with Crippen molar-refractivity contribution in [3.8, 4) is 22.8 Å². The minimum absolute atomic E-state index is 0.167. The summed E-state index contributed by atoms with van der Waals surface area (Å²) in [5, 5.41) is 10.7. The van der Waals surface area contributed by atoms with Crippen LogP contribution in [0.15, 0.2) is 42.5 Å². The van der Waals surface area contributed by atoms with E-state index in [9.17, 15) is 4.79 Å². The van der Waals surface area contributed by atoms with Crippen molar-refractivity contribution in [1.82, 2.24) is 10.2 Å². The molecule has 0 spiro atoms. The van der Waals surface area contributed by atoms with Crippen molar-refractivity contribution >= 4 is 11.6 Å². The Labute approximate surface area is 162 Å². The summed E-state index contributed by atoms with van der Waals surface area (Å²) in [6, 6.07) is 13.1. The number of benzene rings is 2. The van der Waals surface area contributed by atoms with Crippen LogP contribution in [0.1, 0.15) is 34.5 Å². The molecule has 1 aliphatic heterocycles. The number of aryl methyl sites for hydroxylation is 1. The maximum absolute atomic E-state index is 13.0. The molecule has 0 bridgehead atoms. The highest BCUT2D eigenvalue weighted by molar-refractivity contribution is 6.08. The van der Waals surface area contributed by atoms with Crippen LogP contribution in [0.2, 0.25) is 0 Å². The summed E-state index contributed by atoms with van der Waals surface area (Å²) in [5.74, 6) is 1.19. The number of ether oxygens (including phenoxy) is 2. The molecule has 2 N–H and O–H groups in total. The smallest absolute Gasteiger partial charge is 0.256 e. The summed E-state index contributed by atoms with van der Waals surface area (Å²) in [6.45, 7) is 1.05. The third kappa shape index (κ3) is 3.01. The molecule has 0 unspecified atom stereocenters. The maximum Gasteiger partial charge on any atom is 0.256 e. The van der Waals surface area contributed by atoms with Gasteiger partial charge in [0, 0.05) is 34.1 Å². The predicted octanol–water partition coefficient (Wildman–Crippen LogP) is 3.98. The molecule has 1 aromatic heterocycles. The molecule has 2 aromatic carbocycles. The number of rotatable bonds is 3. The molecule has 1 amide bonds. The Hall–Kier alpha value is -3.28. The second-order valence-electron chi connectivity index (χ2n) is 7.09. The molecule has 6 nitrogen and oxygen atoms in total. The average Bonchev–Trinajstić information content (AvgIpc) is 3.18. The Morgan fingerprint density at radius 3 is 2.75 bits per heavy atom.